The van der Waals surface area contributed by atoms with Gasteiger partial charge >= 0.3 is 0 Å². The predicted molar refractivity (Wildman–Crippen MR) is 66.5 cm³/mol. The minimum absolute atomic E-state index is 0.698. The fourth-order valence-electron chi connectivity index (χ4n) is 2.29. The number of ether oxygens (including phenoxy) is 1. The monoisotopic (exact) mass is 220 g/mol. The average Bonchev–Trinajstić information content (AvgIpc) is 2.79. The lowest BCUT2D eigenvalue weighted by Crippen LogP contribution is -2.25. The Labute approximate surface area is 97.0 Å². The van der Waals surface area contributed by atoms with E-state index >= 15 is 0 Å². The van der Waals surface area contributed by atoms with Crippen molar-refractivity contribution in [3.05, 3.63) is 23.8 Å². The molecule has 1 saturated carbocycles. The van der Waals surface area contributed by atoms with Crippen LogP contribution in [0, 0.1) is 0 Å². The third-order valence-corrected chi connectivity index (χ3v) is 3.24. The average molecular weight is 220 g/mol. The van der Waals surface area contributed by atoms with Crippen LogP contribution in [0.25, 0.3) is 0 Å². The van der Waals surface area contributed by atoms with Crippen molar-refractivity contribution >= 4 is 5.69 Å². The van der Waals surface area contributed by atoms with Gasteiger partial charge in [0.15, 0.2) is 0 Å². The molecular weight excluding hydrogens is 200 g/mol. The van der Waals surface area contributed by atoms with Crippen LogP contribution in [0.15, 0.2) is 18.2 Å². The van der Waals surface area contributed by atoms with Crippen molar-refractivity contribution in [2.45, 2.75) is 38.3 Å². The molecule has 0 heterocycles. The molecule has 0 saturated heterocycles. The predicted octanol–water partition coefficient (Wildman–Crippen LogP) is 2.31. The SMILES string of the molecule is COc1ccc(CNC2CCCC2)cc1N. The van der Waals surface area contributed by atoms with Crippen molar-refractivity contribution in [3.8, 4) is 5.75 Å². The molecule has 2 rings (SSSR count). The van der Waals surface area contributed by atoms with Crippen molar-refractivity contribution in [1.82, 2.24) is 5.32 Å². The third kappa shape index (κ3) is 2.67. The van der Waals surface area contributed by atoms with Crippen molar-refractivity contribution in [2.75, 3.05) is 12.8 Å². The lowest BCUT2D eigenvalue weighted by Gasteiger charge is -2.12. The van der Waals surface area contributed by atoms with Crippen LogP contribution < -0.4 is 15.8 Å². The molecule has 16 heavy (non-hydrogen) atoms. The van der Waals surface area contributed by atoms with E-state index in [-0.39, 0.29) is 0 Å². The summed E-state index contributed by atoms with van der Waals surface area (Å²) in [4.78, 5) is 0. The highest BCUT2D eigenvalue weighted by atomic mass is 16.5. The minimum atomic E-state index is 0.698. The molecule has 1 fully saturated rings. The molecule has 0 atom stereocenters. The second-order valence-corrected chi connectivity index (χ2v) is 4.44. The van der Waals surface area contributed by atoms with Crippen LogP contribution >= 0.6 is 0 Å². The number of hydrogen-bond acceptors (Lipinski definition) is 3. The highest BCUT2D eigenvalue weighted by molar-refractivity contribution is 5.54. The molecule has 88 valence electrons. The Morgan fingerprint density at radius 2 is 2.12 bits per heavy atom. The standard InChI is InChI=1S/C13H20N2O/c1-16-13-7-6-10(8-12(13)14)9-15-11-4-2-3-5-11/h6-8,11,15H,2-5,9,14H2,1H3. The first-order valence-corrected chi connectivity index (χ1v) is 5.95. The number of anilines is 1. The van der Waals surface area contributed by atoms with Crippen LogP contribution in [0.1, 0.15) is 31.2 Å². The van der Waals surface area contributed by atoms with Gasteiger partial charge < -0.3 is 15.8 Å². The highest BCUT2D eigenvalue weighted by Gasteiger charge is 2.13. The van der Waals surface area contributed by atoms with E-state index in [2.05, 4.69) is 11.4 Å². The first kappa shape index (κ1) is 11.3. The van der Waals surface area contributed by atoms with Gasteiger partial charge in [0.2, 0.25) is 0 Å². The van der Waals surface area contributed by atoms with Gasteiger partial charge in [-0.15, -0.1) is 0 Å². The number of nitrogen functional groups attached to an aromatic ring is 1. The van der Waals surface area contributed by atoms with E-state index in [9.17, 15) is 0 Å². The largest absolute Gasteiger partial charge is 0.495 e. The Morgan fingerprint density at radius 1 is 1.38 bits per heavy atom. The molecule has 3 heteroatoms. The van der Waals surface area contributed by atoms with Gasteiger partial charge in [-0.25, -0.2) is 0 Å². The molecule has 0 aliphatic heterocycles. The van der Waals surface area contributed by atoms with E-state index in [4.69, 9.17) is 10.5 Å². The van der Waals surface area contributed by atoms with Crippen LogP contribution in [-0.4, -0.2) is 13.2 Å². The molecule has 0 spiro atoms. The molecule has 0 aromatic heterocycles. The smallest absolute Gasteiger partial charge is 0.141 e. The minimum Gasteiger partial charge on any atom is -0.495 e. The molecule has 3 nitrogen and oxygen atoms in total. The summed E-state index contributed by atoms with van der Waals surface area (Å²) in [5.41, 5.74) is 7.81. The Morgan fingerprint density at radius 3 is 2.75 bits per heavy atom. The van der Waals surface area contributed by atoms with Crippen molar-refractivity contribution in [1.29, 1.82) is 0 Å². The summed E-state index contributed by atoms with van der Waals surface area (Å²) in [6.45, 7) is 0.902. The maximum absolute atomic E-state index is 5.86. The molecule has 1 aliphatic rings. The molecule has 0 bridgehead atoms. The van der Waals surface area contributed by atoms with Crippen LogP contribution in [0.4, 0.5) is 5.69 Å². The molecular formula is C13H20N2O. The van der Waals surface area contributed by atoms with Crippen LogP contribution in [0.3, 0.4) is 0 Å². The van der Waals surface area contributed by atoms with E-state index in [1.807, 2.05) is 12.1 Å². The molecule has 0 radical (unpaired) electrons. The van der Waals surface area contributed by atoms with Crippen LogP contribution in [-0.2, 0) is 6.54 Å². The fraction of sp³-hybridized carbons (Fsp3) is 0.538. The van der Waals surface area contributed by atoms with E-state index in [0.29, 0.717) is 11.7 Å². The van der Waals surface area contributed by atoms with Crippen molar-refractivity contribution in [2.24, 2.45) is 0 Å². The Bertz CT molecular complexity index is 346. The lowest BCUT2D eigenvalue weighted by molar-refractivity contribution is 0.416. The van der Waals surface area contributed by atoms with Gasteiger partial charge in [-0.3, -0.25) is 0 Å². The number of nitrogens with one attached hydrogen (secondary N) is 1. The molecule has 3 N–H and O–H groups in total. The molecule has 1 aromatic carbocycles. The summed E-state index contributed by atoms with van der Waals surface area (Å²) in [6, 6.07) is 6.68. The van der Waals surface area contributed by atoms with Gasteiger partial charge in [-0.05, 0) is 30.5 Å². The molecule has 0 amide bonds. The molecule has 0 unspecified atom stereocenters. The van der Waals surface area contributed by atoms with E-state index in [0.717, 1.165) is 12.3 Å². The second kappa shape index (κ2) is 5.21. The fourth-order valence-corrected chi connectivity index (χ4v) is 2.29. The molecule has 1 aliphatic carbocycles. The van der Waals surface area contributed by atoms with Gasteiger partial charge in [-0.2, -0.15) is 0 Å². The maximum atomic E-state index is 5.86. The van der Waals surface area contributed by atoms with E-state index in [1.54, 1.807) is 7.11 Å². The third-order valence-electron chi connectivity index (χ3n) is 3.24. The first-order valence-electron chi connectivity index (χ1n) is 5.95. The van der Waals surface area contributed by atoms with Crippen LogP contribution in [0.2, 0.25) is 0 Å². The quantitative estimate of drug-likeness (QED) is 0.765. The van der Waals surface area contributed by atoms with E-state index in [1.165, 1.54) is 31.2 Å². The molecule has 1 aromatic rings. The second-order valence-electron chi connectivity index (χ2n) is 4.44. The zero-order chi connectivity index (χ0) is 11.4. The number of methoxy groups -OCH3 is 1. The summed E-state index contributed by atoms with van der Waals surface area (Å²) in [5, 5.41) is 3.57. The highest BCUT2D eigenvalue weighted by Crippen LogP contribution is 2.22. The summed E-state index contributed by atoms with van der Waals surface area (Å²) < 4.78 is 5.13. The van der Waals surface area contributed by atoms with Crippen molar-refractivity contribution in [3.63, 3.8) is 0 Å². The van der Waals surface area contributed by atoms with Crippen LogP contribution in [0.5, 0.6) is 5.75 Å². The normalized spacial score (nSPS) is 16.6. The zero-order valence-corrected chi connectivity index (χ0v) is 9.83. The zero-order valence-electron chi connectivity index (χ0n) is 9.83. The van der Waals surface area contributed by atoms with Gasteiger partial charge in [0.05, 0.1) is 12.8 Å². The van der Waals surface area contributed by atoms with Gasteiger partial charge in [0.1, 0.15) is 5.75 Å². The Kier molecular flexibility index (Phi) is 3.67. The summed E-state index contributed by atoms with van der Waals surface area (Å²) in [6.07, 6.45) is 5.35. The number of nitrogens with two attached hydrogens (primary N) is 1. The van der Waals surface area contributed by atoms with Crippen molar-refractivity contribution < 1.29 is 4.74 Å². The Balaban J connectivity index is 1.91. The number of hydrogen-bond donors (Lipinski definition) is 2. The lowest BCUT2D eigenvalue weighted by atomic mass is 10.1. The van der Waals surface area contributed by atoms with Gasteiger partial charge in [0.25, 0.3) is 0 Å². The summed E-state index contributed by atoms with van der Waals surface area (Å²) >= 11 is 0. The summed E-state index contributed by atoms with van der Waals surface area (Å²) in [5.74, 6) is 0.754. The van der Waals surface area contributed by atoms with Gasteiger partial charge in [-0.1, -0.05) is 18.9 Å². The number of benzene rings is 1. The number of rotatable bonds is 4. The topological polar surface area (TPSA) is 47.3 Å². The van der Waals surface area contributed by atoms with Gasteiger partial charge in [0, 0.05) is 12.6 Å². The maximum Gasteiger partial charge on any atom is 0.141 e. The first-order chi connectivity index (χ1) is 7.79. The summed E-state index contributed by atoms with van der Waals surface area (Å²) in [7, 11) is 1.64. The van der Waals surface area contributed by atoms with E-state index < -0.39 is 0 Å². The Hall–Kier alpha value is -1.22.